The number of rotatable bonds is 6. The maximum absolute atomic E-state index is 2.89. The van der Waals surface area contributed by atoms with Crippen LogP contribution in [0.25, 0.3) is 0 Å². The van der Waals surface area contributed by atoms with E-state index in [4.69, 9.17) is 0 Å². The normalized spacial score (nSPS) is 8.69. The Balaban J connectivity index is 0. The Morgan fingerprint density at radius 1 is 0.615 bits per heavy atom. The van der Waals surface area contributed by atoms with E-state index < -0.39 is 0 Å². The van der Waals surface area contributed by atoms with Crippen LogP contribution in [0.2, 0.25) is 0 Å². The zero-order valence-corrected chi connectivity index (χ0v) is 19.3. The second-order valence-corrected chi connectivity index (χ2v) is 5.87. The van der Waals surface area contributed by atoms with Gasteiger partial charge in [0.25, 0.3) is 0 Å². The molecule has 0 spiro atoms. The molecule has 26 heavy (non-hydrogen) atoms. The van der Waals surface area contributed by atoms with Gasteiger partial charge in [-0.05, 0) is 0 Å². The van der Waals surface area contributed by atoms with E-state index in [1.165, 1.54) is 49.7 Å². The molecule has 3 aromatic rings. The summed E-state index contributed by atoms with van der Waals surface area (Å²) < 4.78 is 0. The fourth-order valence-corrected chi connectivity index (χ4v) is 2.26. The van der Waals surface area contributed by atoms with Crippen molar-refractivity contribution in [1.82, 2.24) is 0 Å². The van der Waals surface area contributed by atoms with E-state index in [-0.39, 0.29) is 38.6 Å². The molecule has 0 atom stereocenters. The second-order valence-electron chi connectivity index (χ2n) is 5.87. The molecule has 0 bridgehead atoms. The van der Waals surface area contributed by atoms with Gasteiger partial charge in [0.05, 0.1) is 0 Å². The van der Waals surface area contributed by atoms with Gasteiger partial charge >= 0.3 is 26.2 Å². The molecular formula is C24H31ClZr. The molecule has 0 radical (unpaired) electrons. The Morgan fingerprint density at radius 2 is 1.00 bits per heavy atom. The molecule has 3 aromatic carbocycles. The fraction of sp³-hybridized carbons (Fsp3) is 0.333. The third kappa shape index (κ3) is 15.4. The van der Waals surface area contributed by atoms with Gasteiger partial charge in [0.2, 0.25) is 0 Å². The molecule has 0 N–H and O–H groups in total. The topological polar surface area (TPSA) is 0 Å². The Hall–Kier alpha value is -0.907. The molecule has 0 aliphatic rings. The largest absolute Gasteiger partial charge is 4.00 e. The van der Waals surface area contributed by atoms with Crippen LogP contribution in [-0.4, -0.2) is 0 Å². The van der Waals surface area contributed by atoms with E-state index in [1.807, 2.05) is 30.3 Å². The molecule has 0 saturated heterocycles. The summed E-state index contributed by atoms with van der Waals surface area (Å²) in [5.41, 5.74) is 2.97. The fourth-order valence-electron chi connectivity index (χ4n) is 2.26. The summed E-state index contributed by atoms with van der Waals surface area (Å²) in [6, 6.07) is 29.7. The van der Waals surface area contributed by atoms with Crippen LogP contribution in [-0.2, 0) is 39.0 Å². The van der Waals surface area contributed by atoms with Crippen molar-refractivity contribution in [3.05, 3.63) is 96.1 Å². The van der Waals surface area contributed by atoms with E-state index in [2.05, 4.69) is 68.4 Å². The summed E-state index contributed by atoms with van der Waals surface area (Å²) >= 11 is 0. The van der Waals surface area contributed by atoms with Crippen LogP contribution in [0, 0.1) is 6.07 Å². The first-order chi connectivity index (χ1) is 11.9. The summed E-state index contributed by atoms with van der Waals surface area (Å²) in [6.07, 6.45) is 7.75. The summed E-state index contributed by atoms with van der Waals surface area (Å²) in [5, 5.41) is 0. The van der Waals surface area contributed by atoms with E-state index in [0.29, 0.717) is 0 Å². The van der Waals surface area contributed by atoms with Crippen LogP contribution in [0.5, 0.6) is 0 Å². The number of unbranched alkanes of at least 4 members (excludes halogenated alkanes) is 2. The number of benzene rings is 1. The molecular weight excluding hydrogens is 415 g/mol. The quantitative estimate of drug-likeness (QED) is 0.503. The zero-order valence-electron chi connectivity index (χ0n) is 16.1. The first-order valence-electron chi connectivity index (χ1n) is 9.19. The van der Waals surface area contributed by atoms with Crippen molar-refractivity contribution in [1.29, 1.82) is 0 Å². The molecule has 0 aliphatic carbocycles. The smallest absolute Gasteiger partial charge is 1.00 e. The summed E-state index contributed by atoms with van der Waals surface area (Å²) in [7, 11) is 0. The van der Waals surface area contributed by atoms with Crippen molar-refractivity contribution in [2.75, 3.05) is 0 Å². The van der Waals surface area contributed by atoms with Gasteiger partial charge in [-0.2, -0.15) is 71.8 Å². The first kappa shape index (κ1) is 27.3. The van der Waals surface area contributed by atoms with Gasteiger partial charge in [-0.25, -0.2) is 24.3 Å². The molecule has 0 aromatic heterocycles. The minimum Gasteiger partial charge on any atom is -1.00 e. The van der Waals surface area contributed by atoms with Gasteiger partial charge in [-0.3, -0.25) is 0 Å². The van der Waals surface area contributed by atoms with Gasteiger partial charge in [-0.15, -0.1) is 0 Å². The van der Waals surface area contributed by atoms with E-state index in [0.717, 1.165) is 0 Å². The molecule has 0 amide bonds. The third-order valence-corrected chi connectivity index (χ3v) is 3.71. The van der Waals surface area contributed by atoms with Gasteiger partial charge in [-0.1, -0.05) is 52.4 Å². The third-order valence-electron chi connectivity index (χ3n) is 3.71. The van der Waals surface area contributed by atoms with Crippen molar-refractivity contribution in [3.8, 4) is 0 Å². The van der Waals surface area contributed by atoms with Gasteiger partial charge < -0.3 is 12.4 Å². The molecule has 2 heteroatoms. The number of hydrogen-bond donors (Lipinski definition) is 0. The maximum atomic E-state index is 2.89. The average molecular weight is 446 g/mol. The number of aryl methyl sites for hydroxylation is 2. The van der Waals surface area contributed by atoms with Crippen molar-refractivity contribution in [2.24, 2.45) is 0 Å². The summed E-state index contributed by atoms with van der Waals surface area (Å²) in [5.74, 6) is 0. The molecule has 0 heterocycles. The monoisotopic (exact) mass is 444 g/mol. The number of halogens is 1. The Bertz CT molecular complexity index is 491. The standard InChI is InChI=1S/2C9H13.C6H5.ClH.Zr/c2*1-2-3-6-9-7-4-5-8-9;1-2-4-6-5-3-1;;/h2*4-5,7-8H,2-3,6H2,1H3;1-5H;1H;/q3*-1;;+4/p-1. The minimum absolute atomic E-state index is 0. The van der Waals surface area contributed by atoms with Gasteiger partial charge in [0.1, 0.15) is 0 Å². The van der Waals surface area contributed by atoms with Crippen LogP contribution in [0.15, 0.2) is 78.9 Å². The zero-order chi connectivity index (χ0) is 17.3. The Morgan fingerprint density at radius 3 is 1.23 bits per heavy atom. The molecule has 0 aliphatic heterocycles. The van der Waals surface area contributed by atoms with E-state index >= 15 is 0 Å². The number of hydrogen-bond acceptors (Lipinski definition) is 0. The van der Waals surface area contributed by atoms with Crippen LogP contribution < -0.4 is 12.4 Å². The maximum Gasteiger partial charge on any atom is 4.00 e. The molecule has 0 nitrogen and oxygen atoms in total. The molecule has 0 unspecified atom stereocenters. The van der Waals surface area contributed by atoms with Crippen LogP contribution in [0.4, 0.5) is 0 Å². The summed E-state index contributed by atoms with van der Waals surface area (Å²) in [4.78, 5) is 0. The van der Waals surface area contributed by atoms with Crippen molar-refractivity contribution in [2.45, 2.75) is 52.4 Å². The van der Waals surface area contributed by atoms with Gasteiger partial charge in [0, 0.05) is 0 Å². The van der Waals surface area contributed by atoms with E-state index in [9.17, 15) is 0 Å². The van der Waals surface area contributed by atoms with Crippen molar-refractivity contribution in [3.63, 3.8) is 0 Å². The molecule has 0 saturated carbocycles. The predicted octanol–water partition coefficient (Wildman–Crippen LogP) is 3.98. The Kier molecular flexibility index (Phi) is 21.4. The second kappa shape index (κ2) is 20.4. The van der Waals surface area contributed by atoms with Crippen LogP contribution in [0.3, 0.4) is 0 Å². The van der Waals surface area contributed by atoms with E-state index in [1.54, 1.807) is 0 Å². The van der Waals surface area contributed by atoms with Crippen LogP contribution in [0.1, 0.15) is 50.7 Å². The molecule has 138 valence electrons. The van der Waals surface area contributed by atoms with Crippen LogP contribution >= 0.6 is 0 Å². The Labute approximate surface area is 186 Å². The van der Waals surface area contributed by atoms with Gasteiger partial charge in [0.15, 0.2) is 0 Å². The summed E-state index contributed by atoms with van der Waals surface area (Å²) in [6.45, 7) is 4.45. The minimum atomic E-state index is 0. The van der Waals surface area contributed by atoms with Crippen molar-refractivity contribution < 1.29 is 38.6 Å². The average Bonchev–Trinajstić information content (AvgIpc) is 3.34. The van der Waals surface area contributed by atoms with Crippen molar-refractivity contribution >= 4 is 0 Å². The molecule has 3 rings (SSSR count). The first-order valence-corrected chi connectivity index (χ1v) is 9.19. The predicted molar refractivity (Wildman–Crippen MR) is 107 cm³/mol. The molecule has 0 fully saturated rings. The SMILES string of the molecule is CCCC[c-]1cccc1.CCCC[c-]1cccc1.[Cl-].[Zr+4].[c-]1ccccc1.